The highest BCUT2D eigenvalue weighted by Gasteiger charge is 2.38. The summed E-state index contributed by atoms with van der Waals surface area (Å²) in [4.78, 5) is 37.3. The van der Waals surface area contributed by atoms with Crippen LogP contribution in [0.1, 0.15) is 92.7 Å². The first-order valence-corrected chi connectivity index (χ1v) is 21.8. The van der Waals surface area contributed by atoms with Crippen molar-refractivity contribution in [2.45, 2.75) is 78.9 Å². The number of nitriles is 3. The Bertz CT molecular complexity index is 3090. The Balaban J connectivity index is 0.000000201. The molecule has 2 aliphatic heterocycles. The summed E-state index contributed by atoms with van der Waals surface area (Å²) in [6.45, 7) is 10.4. The molecule has 0 fully saturated rings. The maximum Gasteiger partial charge on any atom is 0.288 e. The molecule has 0 spiro atoms. The van der Waals surface area contributed by atoms with Gasteiger partial charge in [0, 0.05) is 54.2 Å². The van der Waals surface area contributed by atoms with E-state index in [0.717, 1.165) is 71.3 Å². The van der Waals surface area contributed by atoms with E-state index in [4.69, 9.17) is 10.5 Å². The number of hydrogen-bond acceptors (Lipinski definition) is 7. The quantitative estimate of drug-likeness (QED) is 0.149. The lowest BCUT2D eigenvalue weighted by Crippen LogP contribution is -1.97. The van der Waals surface area contributed by atoms with Crippen molar-refractivity contribution < 1.29 is 9.59 Å². The zero-order valence-corrected chi connectivity index (χ0v) is 36.0. The van der Waals surface area contributed by atoms with Crippen molar-refractivity contribution >= 4 is 79.5 Å². The van der Waals surface area contributed by atoms with E-state index in [-0.39, 0.29) is 11.1 Å². The highest BCUT2D eigenvalue weighted by Crippen LogP contribution is 2.50. The molecular formula is C52H39N5O2S2. The van der Waals surface area contributed by atoms with E-state index in [1.54, 1.807) is 29.6 Å². The molecule has 296 valence electrons. The summed E-state index contributed by atoms with van der Waals surface area (Å²) in [6, 6.07) is 43.8. The molecule has 6 aromatic carbocycles. The Hall–Kier alpha value is -6.83. The highest BCUT2D eigenvalue weighted by molar-refractivity contribution is 7.99. The van der Waals surface area contributed by atoms with Gasteiger partial charge in [0.05, 0.1) is 17.5 Å². The molecule has 2 aliphatic carbocycles. The van der Waals surface area contributed by atoms with E-state index in [9.17, 15) is 14.9 Å². The van der Waals surface area contributed by atoms with Crippen LogP contribution in [0.4, 0.5) is 0 Å². The van der Waals surface area contributed by atoms with Gasteiger partial charge in [0.2, 0.25) is 0 Å². The van der Waals surface area contributed by atoms with Crippen LogP contribution < -0.4 is 0 Å². The van der Waals surface area contributed by atoms with E-state index >= 15 is 0 Å². The molecule has 0 saturated heterocycles. The predicted molar refractivity (Wildman–Crippen MR) is 246 cm³/mol. The van der Waals surface area contributed by atoms with E-state index in [1.165, 1.54) is 22.9 Å². The first-order valence-electron chi connectivity index (χ1n) is 20.2. The standard InChI is InChI=1S/C35H30N2OS2.C15H6N2O.C2H3N/c1-5-20(3)22-7-11-24(12-8-22)39-29-17-16-27-31-26(29)15-18-30(33(31)34-32(27)28(19-36)35(38)37-34)40-25-13-9-23(10-14-25)21(4)6-2;16-7-11-13-9-5-1-3-8-4-2-6-10(12(8)9)14(13)17-15(11)18;1-2-3/h7-18,20-21H,5-6H2,1-4H3;1-6H;1H3. The molecule has 0 saturated carbocycles. The Morgan fingerprint density at radius 2 is 1.05 bits per heavy atom. The van der Waals surface area contributed by atoms with E-state index < -0.39 is 11.8 Å². The topological polar surface area (TPSA) is 130 Å². The van der Waals surface area contributed by atoms with Crippen LogP contribution in [0.15, 0.2) is 150 Å². The molecule has 0 bridgehead atoms. The van der Waals surface area contributed by atoms with Gasteiger partial charge in [-0.15, -0.1) is 0 Å². The number of rotatable bonds is 8. The fraction of sp³-hybridized carbons (Fsp3) is 0.173. The number of aliphatic imine (C=N–C) groups is 2. The fourth-order valence-corrected chi connectivity index (χ4v) is 10.1. The number of nitrogens with zero attached hydrogens (tertiary/aromatic N) is 5. The second kappa shape index (κ2) is 17.0. The summed E-state index contributed by atoms with van der Waals surface area (Å²) in [5.41, 5.74) is 9.48. The number of benzene rings is 6. The molecule has 2 heterocycles. The lowest BCUT2D eigenvalue weighted by atomic mass is 9.99. The number of carbonyl (C=O) groups excluding carboxylic acids is 2. The third-order valence-corrected chi connectivity index (χ3v) is 13.8. The Morgan fingerprint density at radius 1 is 0.574 bits per heavy atom. The van der Waals surface area contributed by atoms with Gasteiger partial charge < -0.3 is 0 Å². The van der Waals surface area contributed by atoms with Crippen molar-refractivity contribution in [2.24, 2.45) is 9.98 Å². The van der Waals surface area contributed by atoms with Gasteiger partial charge in [0.15, 0.2) is 0 Å². The predicted octanol–water partition coefficient (Wildman–Crippen LogP) is 12.8. The molecule has 61 heavy (non-hydrogen) atoms. The van der Waals surface area contributed by atoms with Crippen LogP contribution in [-0.4, -0.2) is 23.2 Å². The van der Waals surface area contributed by atoms with Crippen molar-refractivity contribution in [1.82, 2.24) is 0 Å². The summed E-state index contributed by atoms with van der Waals surface area (Å²) in [5.74, 6) is 0.208. The molecule has 4 aliphatic rings. The van der Waals surface area contributed by atoms with Gasteiger partial charge in [-0.3, -0.25) is 9.59 Å². The first kappa shape index (κ1) is 40.9. The van der Waals surface area contributed by atoms with Crippen LogP contribution in [0, 0.1) is 34.0 Å². The normalized spacial score (nSPS) is 14.9. The Labute approximate surface area is 363 Å². The molecular weight excluding hydrogens is 791 g/mol. The Kier molecular flexibility index (Phi) is 11.4. The molecule has 0 radical (unpaired) electrons. The van der Waals surface area contributed by atoms with E-state index in [0.29, 0.717) is 34.4 Å². The van der Waals surface area contributed by atoms with Crippen molar-refractivity contribution in [1.29, 1.82) is 15.8 Å². The first-order chi connectivity index (χ1) is 29.6. The molecule has 2 atom stereocenters. The second-order valence-corrected chi connectivity index (χ2v) is 17.4. The van der Waals surface area contributed by atoms with Gasteiger partial charge in [-0.05, 0) is 99.5 Å². The van der Waals surface area contributed by atoms with Crippen LogP contribution in [0.5, 0.6) is 0 Å². The maximum absolute atomic E-state index is 12.7. The minimum absolute atomic E-state index is 0.141. The minimum Gasteiger partial charge on any atom is -0.266 e. The summed E-state index contributed by atoms with van der Waals surface area (Å²) in [7, 11) is 0. The van der Waals surface area contributed by atoms with Gasteiger partial charge in [0.1, 0.15) is 23.3 Å². The number of allylic oxidation sites excluding steroid dienone is 2. The van der Waals surface area contributed by atoms with Crippen LogP contribution in [-0.2, 0) is 9.59 Å². The van der Waals surface area contributed by atoms with Crippen molar-refractivity contribution in [3.05, 3.63) is 154 Å². The SMILES string of the molecule is CC#N.CCC(C)c1ccc(Sc2ccc3c(Sc4ccc(C(C)CC)cc4)ccc4c3c2C2=NC(=O)C(C#N)=C24)cc1.N#CC1=C2C(=NC1=O)c1cccc3cccc2c13. The van der Waals surface area contributed by atoms with Crippen molar-refractivity contribution in [3.63, 3.8) is 0 Å². The number of amides is 2. The van der Waals surface area contributed by atoms with Crippen LogP contribution in [0.2, 0.25) is 0 Å². The molecule has 10 rings (SSSR count). The van der Waals surface area contributed by atoms with Gasteiger partial charge in [-0.25, -0.2) is 9.98 Å². The minimum atomic E-state index is -0.441. The van der Waals surface area contributed by atoms with E-state index in [1.807, 2.05) is 42.5 Å². The van der Waals surface area contributed by atoms with Crippen molar-refractivity contribution in [2.75, 3.05) is 0 Å². The lowest BCUT2D eigenvalue weighted by Gasteiger charge is -2.14. The van der Waals surface area contributed by atoms with Crippen LogP contribution in [0.3, 0.4) is 0 Å². The molecule has 7 nitrogen and oxygen atoms in total. The molecule has 2 unspecified atom stereocenters. The Morgan fingerprint density at radius 3 is 1.59 bits per heavy atom. The third kappa shape index (κ3) is 7.19. The largest absolute Gasteiger partial charge is 0.288 e. The van der Waals surface area contributed by atoms with Gasteiger partial charge in [-0.2, -0.15) is 15.8 Å². The van der Waals surface area contributed by atoms with Crippen LogP contribution in [0.25, 0.3) is 32.7 Å². The molecule has 2 amide bonds. The number of hydrogen-bond donors (Lipinski definition) is 0. The van der Waals surface area contributed by atoms with Gasteiger partial charge in [-0.1, -0.05) is 124 Å². The monoisotopic (exact) mass is 829 g/mol. The molecule has 0 N–H and O–H groups in total. The lowest BCUT2D eigenvalue weighted by molar-refractivity contribution is -0.114. The number of fused-ring (bicyclic) bond motifs is 6. The summed E-state index contributed by atoms with van der Waals surface area (Å²) < 4.78 is 0. The highest BCUT2D eigenvalue weighted by atomic mass is 32.2. The van der Waals surface area contributed by atoms with Crippen LogP contribution >= 0.6 is 23.5 Å². The van der Waals surface area contributed by atoms with Gasteiger partial charge in [0.25, 0.3) is 11.8 Å². The van der Waals surface area contributed by atoms with Gasteiger partial charge >= 0.3 is 0 Å². The fourth-order valence-electron chi connectivity index (χ4n) is 8.20. The molecule has 0 aromatic heterocycles. The maximum atomic E-state index is 12.7. The smallest absolute Gasteiger partial charge is 0.266 e. The average Bonchev–Trinajstić information content (AvgIpc) is 3.99. The molecule has 9 heteroatoms. The number of carbonyl (C=O) groups is 2. The zero-order chi connectivity index (χ0) is 42.9. The third-order valence-electron chi connectivity index (χ3n) is 11.7. The average molecular weight is 830 g/mol. The summed E-state index contributed by atoms with van der Waals surface area (Å²) in [6.07, 6.45) is 2.23. The summed E-state index contributed by atoms with van der Waals surface area (Å²) in [5, 5.41) is 30.7. The zero-order valence-electron chi connectivity index (χ0n) is 34.3. The van der Waals surface area contributed by atoms with E-state index in [2.05, 4.69) is 117 Å². The molecule has 6 aromatic rings. The summed E-state index contributed by atoms with van der Waals surface area (Å²) >= 11 is 3.43. The second-order valence-electron chi connectivity index (χ2n) is 15.1. The van der Waals surface area contributed by atoms with Crippen molar-refractivity contribution in [3.8, 4) is 18.2 Å².